The molecule has 0 heterocycles. The molecular weight excluding hydrogens is 364 g/mol. The predicted molar refractivity (Wildman–Crippen MR) is 106 cm³/mol. The normalized spacial score (nSPS) is 13.2. The summed E-state index contributed by atoms with van der Waals surface area (Å²) in [5, 5.41) is 2.67. The minimum Gasteiger partial charge on any atom is -0.404 e. The molecule has 0 aliphatic rings. The van der Waals surface area contributed by atoms with E-state index in [-0.39, 0.29) is 5.04 Å². The highest BCUT2D eigenvalue weighted by Crippen LogP contribution is 2.36. The standard InChI is InChI=1S/C20H25BrOSi/c1-17(21)15-16-22-23(20(2,3)4,18-11-7-5-8-12-18)19-13-9-6-10-14-19/h5-15H,16H2,1-4H3/b17-15+. The Kier molecular flexibility index (Phi) is 6.01. The fourth-order valence-corrected chi connectivity index (χ4v) is 7.66. The lowest BCUT2D eigenvalue weighted by molar-refractivity contribution is 0.339. The molecule has 0 fully saturated rings. The first-order chi connectivity index (χ1) is 10.9. The number of hydrogen-bond donors (Lipinski definition) is 0. The van der Waals surface area contributed by atoms with Crippen molar-refractivity contribution in [3.05, 3.63) is 71.2 Å². The number of rotatable bonds is 5. The largest absolute Gasteiger partial charge is 0.404 e. The molecule has 0 unspecified atom stereocenters. The van der Waals surface area contributed by atoms with Crippen molar-refractivity contribution in [1.29, 1.82) is 0 Å². The molecule has 0 saturated heterocycles. The van der Waals surface area contributed by atoms with Gasteiger partial charge in [-0.15, -0.1) is 0 Å². The van der Waals surface area contributed by atoms with Crippen molar-refractivity contribution >= 4 is 34.6 Å². The summed E-state index contributed by atoms with van der Waals surface area (Å²) in [4.78, 5) is 0. The van der Waals surface area contributed by atoms with Crippen LogP contribution in [0.2, 0.25) is 5.04 Å². The van der Waals surface area contributed by atoms with Gasteiger partial charge in [-0.25, -0.2) is 0 Å². The molecule has 2 aromatic carbocycles. The predicted octanol–water partition coefficient (Wildman–Crippen LogP) is 4.86. The fraction of sp³-hybridized carbons (Fsp3) is 0.300. The molecule has 1 nitrogen and oxygen atoms in total. The molecule has 2 rings (SSSR count). The van der Waals surface area contributed by atoms with Crippen molar-refractivity contribution in [3.63, 3.8) is 0 Å². The van der Waals surface area contributed by atoms with E-state index in [0.717, 1.165) is 4.48 Å². The van der Waals surface area contributed by atoms with Gasteiger partial charge in [0.15, 0.2) is 0 Å². The van der Waals surface area contributed by atoms with Gasteiger partial charge in [0.1, 0.15) is 0 Å². The molecule has 0 amide bonds. The molecule has 0 bridgehead atoms. The lowest BCUT2D eigenvalue weighted by Gasteiger charge is -2.42. The van der Waals surface area contributed by atoms with Crippen LogP contribution in [0.3, 0.4) is 0 Å². The summed E-state index contributed by atoms with van der Waals surface area (Å²) in [7, 11) is -2.38. The Hall–Kier alpha value is -1.16. The molecule has 23 heavy (non-hydrogen) atoms. The van der Waals surface area contributed by atoms with Crippen LogP contribution in [-0.4, -0.2) is 14.9 Å². The van der Waals surface area contributed by atoms with E-state index in [0.29, 0.717) is 6.61 Å². The molecule has 0 radical (unpaired) electrons. The first kappa shape index (κ1) is 18.2. The monoisotopic (exact) mass is 388 g/mol. The smallest absolute Gasteiger partial charge is 0.261 e. The minimum atomic E-state index is -2.38. The van der Waals surface area contributed by atoms with E-state index in [2.05, 4.69) is 103 Å². The minimum absolute atomic E-state index is 0.0315. The Labute approximate surface area is 149 Å². The van der Waals surface area contributed by atoms with Crippen molar-refractivity contribution in [3.8, 4) is 0 Å². The van der Waals surface area contributed by atoms with Crippen LogP contribution in [0.1, 0.15) is 27.7 Å². The van der Waals surface area contributed by atoms with E-state index in [9.17, 15) is 0 Å². The lowest BCUT2D eigenvalue weighted by atomic mass is 10.2. The van der Waals surface area contributed by atoms with Crippen LogP contribution >= 0.6 is 15.9 Å². The zero-order valence-electron chi connectivity index (χ0n) is 14.3. The molecule has 0 N–H and O–H groups in total. The summed E-state index contributed by atoms with van der Waals surface area (Å²) in [5.74, 6) is 0. The van der Waals surface area contributed by atoms with Gasteiger partial charge < -0.3 is 4.43 Å². The maximum absolute atomic E-state index is 6.71. The van der Waals surface area contributed by atoms with Crippen LogP contribution in [0.25, 0.3) is 0 Å². The highest BCUT2D eigenvalue weighted by atomic mass is 79.9. The summed E-state index contributed by atoms with van der Waals surface area (Å²) < 4.78 is 7.82. The van der Waals surface area contributed by atoms with Crippen LogP contribution in [0.5, 0.6) is 0 Å². The van der Waals surface area contributed by atoms with Crippen molar-refractivity contribution in [1.82, 2.24) is 0 Å². The third-order valence-electron chi connectivity index (χ3n) is 4.08. The molecular formula is C20H25BrOSi. The maximum atomic E-state index is 6.71. The van der Waals surface area contributed by atoms with Gasteiger partial charge in [-0.1, -0.05) is 103 Å². The van der Waals surface area contributed by atoms with Gasteiger partial charge in [0.05, 0.1) is 6.61 Å². The lowest BCUT2D eigenvalue weighted by Crippen LogP contribution is -2.66. The second-order valence-corrected chi connectivity index (χ2v) is 12.3. The molecule has 0 saturated carbocycles. The summed E-state index contributed by atoms with van der Waals surface area (Å²) in [6, 6.07) is 21.5. The Morgan fingerprint density at radius 3 is 1.74 bits per heavy atom. The number of allylic oxidation sites excluding steroid dienone is 1. The van der Waals surface area contributed by atoms with Crippen molar-refractivity contribution < 1.29 is 4.43 Å². The van der Waals surface area contributed by atoms with Gasteiger partial charge in [0, 0.05) is 0 Å². The quantitative estimate of drug-likeness (QED) is 0.664. The SMILES string of the molecule is C/C(Br)=C\CO[Si](c1ccccc1)(c1ccccc1)C(C)(C)C. The van der Waals surface area contributed by atoms with E-state index in [1.54, 1.807) is 0 Å². The highest BCUT2D eigenvalue weighted by Gasteiger charge is 2.49. The molecule has 3 heteroatoms. The summed E-state index contributed by atoms with van der Waals surface area (Å²) in [6.07, 6.45) is 2.10. The Bertz CT molecular complexity index is 601. The Balaban J connectivity index is 2.62. The average molecular weight is 389 g/mol. The van der Waals surface area contributed by atoms with Gasteiger partial charge in [0.2, 0.25) is 0 Å². The first-order valence-electron chi connectivity index (χ1n) is 7.95. The van der Waals surface area contributed by atoms with E-state index in [1.807, 2.05) is 6.92 Å². The first-order valence-corrected chi connectivity index (χ1v) is 10.7. The van der Waals surface area contributed by atoms with Crippen LogP contribution < -0.4 is 10.4 Å². The Morgan fingerprint density at radius 2 is 1.39 bits per heavy atom. The topological polar surface area (TPSA) is 9.23 Å². The van der Waals surface area contributed by atoms with Crippen LogP contribution in [-0.2, 0) is 4.43 Å². The Morgan fingerprint density at radius 1 is 0.957 bits per heavy atom. The third kappa shape index (κ3) is 4.03. The van der Waals surface area contributed by atoms with Crippen molar-refractivity contribution in [2.75, 3.05) is 6.61 Å². The van der Waals surface area contributed by atoms with Crippen molar-refractivity contribution in [2.24, 2.45) is 0 Å². The van der Waals surface area contributed by atoms with Crippen LogP contribution in [0.15, 0.2) is 71.2 Å². The van der Waals surface area contributed by atoms with Crippen LogP contribution in [0.4, 0.5) is 0 Å². The van der Waals surface area contributed by atoms with E-state index in [4.69, 9.17) is 4.43 Å². The second-order valence-electron chi connectivity index (χ2n) is 6.77. The highest BCUT2D eigenvalue weighted by molar-refractivity contribution is 9.11. The summed E-state index contributed by atoms with van der Waals surface area (Å²) in [6.45, 7) is 9.54. The van der Waals surface area contributed by atoms with E-state index >= 15 is 0 Å². The molecule has 0 aromatic heterocycles. The molecule has 0 atom stereocenters. The van der Waals surface area contributed by atoms with Gasteiger partial charge in [-0.3, -0.25) is 0 Å². The molecule has 122 valence electrons. The third-order valence-corrected chi connectivity index (χ3v) is 9.41. The maximum Gasteiger partial charge on any atom is 0.261 e. The van der Waals surface area contributed by atoms with Gasteiger partial charge in [0.25, 0.3) is 8.32 Å². The summed E-state index contributed by atoms with van der Waals surface area (Å²) >= 11 is 3.50. The average Bonchev–Trinajstić information content (AvgIpc) is 2.52. The molecule has 0 aliphatic heterocycles. The van der Waals surface area contributed by atoms with E-state index in [1.165, 1.54) is 10.4 Å². The fourth-order valence-electron chi connectivity index (χ4n) is 3.04. The number of hydrogen-bond acceptors (Lipinski definition) is 1. The zero-order chi connectivity index (χ0) is 16.9. The summed E-state index contributed by atoms with van der Waals surface area (Å²) in [5.41, 5.74) is 0. The van der Waals surface area contributed by atoms with Gasteiger partial charge in [-0.2, -0.15) is 0 Å². The van der Waals surface area contributed by atoms with E-state index < -0.39 is 8.32 Å². The van der Waals surface area contributed by atoms with Crippen molar-refractivity contribution in [2.45, 2.75) is 32.7 Å². The number of benzene rings is 2. The molecule has 2 aromatic rings. The molecule has 0 spiro atoms. The van der Waals surface area contributed by atoms with Gasteiger partial charge in [-0.05, 0) is 26.8 Å². The zero-order valence-corrected chi connectivity index (χ0v) is 16.9. The number of halogens is 1. The second kappa shape index (κ2) is 7.60. The van der Waals surface area contributed by atoms with Crippen LogP contribution in [0, 0.1) is 0 Å². The molecule has 0 aliphatic carbocycles. The van der Waals surface area contributed by atoms with Gasteiger partial charge >= 0.3 is 0 Å².